The number of benzene rings is 2. The third-order valence-electron chi connectivity index (χ3n) is 4.77. The quantitative estimate of drug-likeness (QED) is 0.176. The Kier molecular flexibility index (Phi) is 10.2. The lowest BCUT2D eigenvalue weighted by Gasteiger charge is -2.12. The molecule has 3 N–H and O–H groups in total. The topological polar surface area (TPSA) is 70.5 Å². The maximum Gasteiger partial charge on any atom is 0.239 e. The first-order valence-electron chi connectivity index (χ1n) is 10.1. The Morgan fingerprint density at radius 1 is 0.933 bits per heavy atom. The van der Waals surface area contributed by atoms with Crippen molar-refractivity contribution < 1.29 is 4.79 Å². The summed E-state index contributed by atoms with van der Waals surface area (Å²) in [5, 5.41) is 10.5. The van der Waals surface area contributed by atoms with Crippen LogP contribution in [0, 0.1) is 0 Å². The molecule has 1 aromatic heterocycles. The summed E-state index contributed by atoms with van der Waals surface area (Å²) in [6.07, 6.45) is 3.91. The van der Waals surface area contributed by atoms with Crippen molar-refractivity contribution in [1.29, 1.82) is 0 Å². The molecule has 0 spiro atoms. The molecule has 1 amide bonds. The third kappa shape index (κ3) is 7.37. The number of aromatic nitrogens is 1. The standard InChI is InChI=1S/C23H29N5O.HI/c1-24-23(27-18-22(29)25-15-12-19-8-3-2-4-9-19)26-14-7-16-28-17-13-20-10-5-6-11-21(20)28;/h2-6,8-11,13,17H,7,12,14-16,18H2,1H3,(H,25,29)(H2,24,26,27);1H. The van der Waals surface area contributed by atoms with E-state index in [1.165, 1.54) is 16.5 Å². The summed E-state index contributed by atoms with van der Waals surface area (Å²) >= 11 is 0. The molecule has 0 atom stereocenters. The largest absolute Gasteiger partial charge is 0.356 e. The van der Waals surface area contributed by atoms with E-state index in [0.717, 1.165) is 25.9 Å². The van der Waals surface area contributed by atoms with Crippen molar-refractivity contribution in [2.75, 3.05) is 26.7 Å². The zero-order chi connectivity index (χ0) is 20.3. The highest BCUT2D eigenvalue weighted by Gasteiger charge is 2.04. The smallest absolute Gasteiger partial charge is 0.239 e. The maximum atomic E-state index is 12.0. The van der Waals surface area contributed by atoms with Gasteiger partial charge in [0.15, 0.2) is 5.96 Å². The number of aliphatic imine (C=N–C) groups is 1. The van der Waals surface area contributed by atoms with Crippen molar-refractivity contribution in [1.82, 2.24) is 20.5 Å². The fourth-order valence-corrected chi connectivity index (χ4v) is 3.23. The molecule has 0 saturated heterocycles. The summed E-state index contributed by atoms with van der Waals surface area (Å²) < 4.78 is 2.26. The second-order valence-corrected chi connectivity index (χ2v) is 6.86. The van der Waals surface area contributed by atoms with Crippen LogP contribution in [0.5, 0.6) is 0 Å². The Labute approximate surface area is 195 Å². The van der Waals surface area contributed by atoms with Crippen molar-refractivity contribution >= 4 is 46.7 Å². The van der Waals surface area contributed by atoms with Crippen LogP contribution in [-0.4, -0.2) is 43.1 Å². The first kappa shape index (κ1) is 23.7. The normalized spacial score (nSPS) is 11.0. The number of fused-ring (bicyclic) bond motifs is 1. The number of guanidine groups is 1. The number of nitrogens with zero attached hydrogens (tertiary/aromatic N) is 2. The van der Waals surface area contributed by atoms with Crippen LogP contribution in [0.1, 0.15) is 12.0 Å². The van der Waals surface area contributed by atoms with Gasteiger partial charge in [0, 0.05) is 38.4 Å². The summed E-state index contributed by atoms with van der Waals surface area (Å²) in [5.74, 6) is 0.600. The molecule has 6 nitrogen and oxygen atoms in total. The van der Waals surface area contributed by atoms with Gasteiger partial charge in [-0.3, -0.25) is 9.79 Å². The fraction of sp³-hybridized carbons (Fsp3) is 0.304. The van der Waals surface area contributed by atoms with Gasteiger partial charge in [-0.15, -0.1) is 24.0 Å². The molecule has 0 unspecified atom stereocenters. The number of nitrogens with one attached hydrogen (secondary N) is 3. The number of hydrogen-bond acceptors (Lipinski definition) is 2. The molecule has 0 radical (unpaired) electrons. The van der Waals surface area contributed by atoms with E-state index < -0.39 is 0 Å². The van der Waals surface area contributed by atoms with Crippen LogP contribution in [-0.2, 0) is 17.8 Å². The predicted molar refractivity (Wildman–Crippen MR) is 134 cm³/mol. The van der Waals surface area contributed by atoms with Gasteiger partial charge in [0.25, 0.3) is 0 Å². The van der Waals surface area contributed by atoms with Crippen molar-refractivity contribution in [3.05, 3.63) is 72.4 Å². The number of para-hydroxylation sites is 1. The van der Waals surface area contributed by atoms with E-state index in [2.05, 4.69) is 74.2 Å². The van der Waals surface area contributed by atoms with Crippen LogP contribution >= 0.6 is 24.0 Å². The van der Waals surface area contributed by atoms with Crippen LogP contribution in [0.3, 0.4) is 0 Å². The first-order chi connectivity index (χ1) is 14.3. The molecule has 3 aromatic rings. The Morgan fingerprint density at radius 3 is 2.50 bits per heavy atom. The minimum absolute atomic E-state index is 0. The van der Waals surface area contributed by atoms with Gasteiger partial charge in [0.05, 0.1) is 6.54 Å². The molecular formula is C23H30IN5O. The van der Waals surface area contributed by atoms with Gasteiger partial charge < -0.3 is 20.5 Å². The zero-order valence-electron chi connectivity index (χ0n) is 17.3. The molecule has 3 rings (SSSR count). The summed E-state index contributed by atoms with van der Waals surface area (Å²) in [4.78, 5) is 16.2. The molecule has 0 aliphatic rings. The minimum atomic E-state index is -0.0392. The molecule has 0 bridgehead atoms. The molecule has 2 aromatic carbocycles. The summed E-state index contributed by atoms with van der Waals surface area (Å²) in [5.41, 5.74) is 2.47. The second kappa shape index (κ2) is 12.9. The lowest BCUT2D eigenvalue weighted by molar-refractivity contribution is -0.119. The van der Waals surface area contributed by atoms with Gasteiger partial charge >= 0.3 is 0 Å². The Morgan fingerprint density at radius 2 is 1.70 bits per heavy atom. The highest BCUT2D eigenvalue weighted by Crippen LogP contribution is 2.15. The fourth-order valence-electron chi connectivity index (χ4n) is 3.23. The molecule has 30 heavy (non-hydrogen) atoms. The molecule has 1 heterocycles. The molecule has 160 valence electrons. The van der Waals surface area contributed by atoms with Crippen LogP contribution in [0.2, 0.25) is 0 Å². The van der Waals surface area contributed by atoms with Gasteiger partial charge in [-0.2, -0.15) is 0 Å². The van der Waals surface area contributed by atoms with Crippen LogP contribution in [0.4, 0.5) is 0 Å². The molecule has 0 fully saturated rings. The number of amides is 1. The van der Waals surface area contributed by atoms with Crippen molar-refractivity contribution in [3.8, 4) is 0 Å². The predicted octanol–water partition coefficient (Wildman–Crippen LogP) is 3.17. The number of carbonyl (C=O) groups is 1. The Hall–Kier alpha value is -2.55. The maximum absolute atomic E-state index is 12.0. The lowest BCUT2D eigenvalue weighted by Crippen LogP contribution is -2.43. The second-order valence-electron chi connectivity index (χ2n) is 6.86. The van der Waals surface area contributed by atoms with Gasteiger partial charge in [-0.1, -0.05) is 48.5 Å². The number of rotatable bonds is 9. The summed E-state index contributed by atoms with van der Waals surface area (Å²) in [7, 11) is 1.71. The average molecular weight is 519 g/mol. The van der Waals surface area contributed by atoms with E-state index in [4.69, 9.17) is 0 Å². The van der Waals surface area contributed by atoms with Crippen molar-refractivity contribution in [2.45, 2.75) is 19.4 Å². The lowest BCUT2D eigenvalue weighted by atomic mass is 10.1. The SMILES string of the molecule is CN=C(NCCCn1ccc2ccccc21)NCC(=O)NCCc1ccccc1.I. The van der Waals surface area contributed by atoms with E-state index in [0.29, 0.717) is 12.5 Å². The monoisotopic (exact) mass is 519 g/mol. The molecular weight excluding hydrogens is 489 g/mol. The number of aryl methyl sites for hydroxylation is 1. The number of carbonyl (C=O) groups excluding carboxylic acids is 1. The van der Waals surface area contributed by atoms with E-state index >= 15 is 0 Å². The average Bonchev–Trinajstić information content (AvgIpc) is 3.17. The molecule has 0 aliphatic heterocycles. The van der Waals surface area contributed by atoms with Crippen molar-refractivity contribution in [2.24, 2.45) is 4.99 Å². The highest BCUT2D eigenvalue weighted by molar-refractivity contribution is 14.0. The molecule has 7 heteroatoms. The van der Waals surface area contributed by atoms with Crippen LogP contribution in [0.25, 0.3) is 10.9 Å². The van der Waals surface area contributed by atoms with Crippen molar-refractivity contribution in [3.63, 3.8) is 0 Å². The van der Waals surface area contributed by atoms with E-state index in [9.17, 15) is 4.79 Å². The van der Waals surface area contributed by atoms with E-state index in [-0.39, 0.29) is 36.4 Å². The summed E-state index contributed by atoms with van der Waals surface area (Å²) in [6.45, 7) is 2.54. The number of hydrogen-bond donors (Lipinski definition) is 3. The van der Waals surface area contributed by atoms with Gasteiger partial charge in [-0.25, -0.2) is 0 Å². The van der Waals surface area contributed by atoms with Gasteiger partial charge in [0.1, 0.15) is 0 Å². The third-order valence-corrected chi connectivity index (χ3v) is 4.77. The van der Waals surface area contributed by atoms with Crippen LogP contribution in [0.15, 0.2) is 71.9 Å². The van der Waals surface area contributed by atoms with Gasteiger partial charge in [0.2, 0.25) is 5.91 Å². The number of halogens is 1. The zero-order valence-corrected chi connectivity index (χ0v) is 19.6. The summed E-state index contributed by atoms with van der Waals surface area (Å²) in [6, 6.07) is 20.7. The van der Waals surface area contributed by atoms with E-state index in [1.807, 2.05) is 18.2 Å². The Bertz CT molecular complexity index is 939. The minimum Gasteiger partial charge on any atom is -0.356 e. The first-order valence-corrected chi connectivity index (χ1v) is 10.1. The van der Waals surface area contributed by atoms with Gasteiger partial charge in [-0.05, 0) is 35.9 Å². The molecule has 0 saturated carbocycles. The van der Waals surface area contributed by atoms with Crippen LogP contribution < -0.4 is 16.0 Å². The molecule has 0 aliphatic carbocycles. The Balaban J connectivity index is 0.00000320. The van der Waals surface area contributed by atoms with E-state index in [1.54, 1.807) is 7.05 Å². The highest BCUT2D eigenvalue weighted by atomic mass is 127.